The molecule has 0 bridgehead atoms. The van der Waals surface area contributed by atoms with Gasteiger partial charge in [0.2, 0.25) is 0 Å². The Morgan fingerprint density at radius 1 is 0.708 bits per heavy atom. The summed E-state index contributed by atoms with van der Waals surface area (Å²) in [4.78, 5) is 4.92. The average Bonchev–Trinajstić information content (AvgIpc) is 3.70. The van der Waals surface area contributed by atoms with Gasteiger partial charge in [-0.1, -0.05) is 110 Å². The molecule has 10 rings (SSSR count). The average molecular weight is 617 g/mol. The lowest BCUT2D eigenvalue weighted by Crippen LogP contribution is -2.22. The molecule has 0 saturated heterocycles. The fourth-order valence-corrected chi connectivity index (χ4v) is 8.20. The number of hydrogen-bond donors (Lipinski definition) is 0. The summed E-state index contributed by atoms with van der Waals surface area (Å²) in [5.74, 6) is 1.47. The molecule has 2 aromatic heterocycles. The van der Waals surface area contributed by atoms with E-state index < -0.39 is 0 Å². The van der Waals surface area contributed by atoms with E-state index in [2.05, 4.69) is 163 Å². The summed E-state index contributed by atoms with van der Waals surface area (Å²) in [6, 6.07) is 46.3. The molecule has 0 amide bonds. The van der Waals surface area contributed by atoms with Crippen LogP contribution in [0.25, 0.3) is 55.0 Å². The van der Waals surface area contributed by atoms with Gasteiger partial charge in [0.05, 0.1) is 11.0 Å². The van der Waals surface area contributed by atoms with E-state index in [4.69, 9.17) is 9.40 Å². The second kappa shape index (κ2) is 10.5. The molecule has 6 aromatic carbocycles. The molecule has 48 heavy (non-hydrogen) atoms. The Bertz CT molecular complexity index is 2660. The molecule has 228 valence electrons. The maximum absolute atomic E-state index is 6.39. The normalized spacial score (nSPS) is 17.1. The molecule has 0 saturated carbocycles. The zero-order valence-electron chi connectivity index (χ0n) is 26.6. The molecule has 3 heteroatoms. The van der Waals surface area contributed by atoms with Crippen molar-refractivity contribution in [2.75, 3.05) is 0 Å². The largest absolute Gasteiger partial charge is 0.456 e. The van der Waals surface area contributed by atoms with E-state index in [-0.39, 0.29) is 11.8 Å². The number of aryl methyl sites for hydroxylation is 1. The Labute approximate surface area is 278 Å². The lowest BCUT2D eigenvalue weighted by Gasteiger charge is -2.37. The van der Waals surface area contributed by atoms with E-state index in [0.717, 1.165) is 40.1 Å². The Hall–Kier alpha value is -5.93. The van der Waals surface area contributed by atoms with Crippen molar-refractivity contribution < 1.29 is 4.42 Å². The standard InChI is InChI=1S/C45H32N2O/c1-2-43-46-39-17-9-10-18-40(39)47(43)32-22-19-28(20-23-32)44-33-13-5-7-15-35(33)45(36-16-8-6-14-34(36)44)31-21-24-41-37(26-31)38-25-29-11-3-4-12-30(29)27-42(38)48-41/h3-27,35,45H,2H2,1H3. The van der Waals surface area contributed by atoms with Gasteiger partial charge in [0.25, 0.3) is 0 Å². The topological polar surface area (TPSA) is 31.0 Å². The molecule has 0 fully saturated rings. The highest BCUT2D eigenvalue weighted by molar-refractivity contribution is 6.10. The monoisotopic (exact) mass is 616 g/mol. The fraction of sp³-hybridized carbons (Fsp3) is 0.0889. The first-order valence-corrected chi connectivity index (χ1v) is 16.9. The summed E-state index contributed by atoms with van der Waals surface area (Å²) in [7, 11) is 0. The number of para-hydroxylation sites is 2. The molecule has 0 N–H and O–H groups in total. The van der Waals surface area contributed by atoms with Gasteiger partial charge >= 0.3 is 0 Å². The van der Waals surface area contributed by atoms with Crippen LogP contribution in [0.2, 0.25) is 0 Å². The lowest BCUT2D eigenvalue weighted by molar-refractivity contribution is 0.647. The molecule has 2 aliphatic rings. The van der Waals surface area contributed by atoms with Gasteiger partial charge in [-0.25, -0.2) is 4.98 Å². The number of aromatic nitrogens is 2. The van der Waals surface area contributed by atoms with Gasteiger partial charge in [-0.2, -0.15) is 0 Å². The molecule has 0 radical (unpaired) electrons. The zero-order chi connectivity index (χ0) is 31.8. The lowest BCUT2D eigenvalue weighted by atomic mass is 9.66. The van der Waals surface area contributed by atoms with Gasteiger partial charge in [0, 0.05) is 34.7 Å². The third-order valence-corrected chi connectivity index (χ3v) is 10.4. The first-order valence-electron chi connectivity index (χ1n) is 16.9. The van der Waals surface area contributed by atoms with E-state index in [1.807, 2.05) is 0 Å². The van der Waals surface area contributed by atoms with Crippen molar-refractivity contribution >= 4 is 49.3 Å². The van der Waals surface area contributed by atoms with Crippen LogP contribution in [0.15, 0.2) is 162 Å². The molecule has 8 aromatic rings. The van der Waals surface area contributed by atoms with Crippen LogP contribution in [0.4, 0.5) is 0 Å². The van der Waals surface area contributed by atoms with Crippen LogP contribution in [-0.4, -0.2) is 9.55 Å². The smallest absolute Gasteiger partial charge is 0.136 e. The van der Waals surface area contributed by atoms with Crippen LogP contribution in [0.1, 0.15) is 40.9 Å². The van der Waals surface area contributed by atoms with Gasteiger partial charge in [-0.05, 0) is 92.7 Å². The van der Waals surface area contributed by atoms with Crippen LogP contribution >= 0.6 is 0 Å². The predicted octanol–water partition coefficient (Wildman–Crippen LogP) is 11.3. The number of furan rings is 1. The molecular weight excluding hydrogens is 585 g/mol. The van der Waals surface area contributed by atoms with Crippen molar-refractivity contribution in [3.8, 4) is 5.69 Å². The van der Waals surface area contributed by atoms with Gasteiger partial charge in [0.15, 0.2) is 0 Å². The summed E-state index contributed by atoms with van der Waals surface area (Å²) >= 11 is 0. The van der Waals surface area contributed by atoms with Crippen LogP contribution in [0.3, 0.4) is 0 Å². The van der Waals surface area contributed by atoms with Gasteiger partial charge in [-0.15, -0.1) is 0 Å². The quantitative estimate of drug-likeness (QED) is 0.197. The summed E-state index contributed by atoms with van der Waals surface area (Å²) in [6.45, 7) is 2.17. The van der Waals surface area contributed by atoms with Crippen LogP contribution in [0, 0.1) is 5.92 Å². The van der Waals surface area contributed by atoms with Crippen molar-refractivity contribution in [2.45, 2.75) is 19.3 Å². The van der Waals surface area contributed by atoms with Crippen molar-refractivity contribution in [1.82, 2.24) is 9.55 Å². The minimum Gasteiger partial charge on any atom is -0.456 e. The first kappa shape index (κ1) is 27.2. The molecule has 2 unspecified atom stereocenters. The minimum absolute atomic E-state index is 0.180. The van der Waals surface area contributed by atoms with E-state index in [0.29, 0.717) is 0 Å². The number of imidazole rings is 1. The molecule has 3 nitrogen and oxygen atoms in total. The summed E-state index contributed by atoms with van der Waals surface area (Å²) in [6.07, 6.45) is 9.99. The van der Waals surface area contributed by atoms with Crippen molar-refractivity contribution in [2.24, 2.45) is 5.92 Å². The number of rotatable bonds is 4. The Morgan fingerprint density at radius 3 is 2.35 bits per heavy atom. The van der Waals surface area contributed by atoms with E-state index in [9.17, 15) is 0 Å². The van der Waals surface area contributed by atoms with Crippen LogP contribution in [0.5, 0.6) is 0 Å². The highest BCUT2D eigenvalue weighted by Crippen LogP contribution is 2.50. The number of allylic oxidation sites excluding steroid dienone is 5. The highest BCUT2D eigenvalue weighted by atomic mass is 16.3. The Balaban J connectivity index is 1.12. The van der Waals surface area contributed by atoms with Gasteiger partial charge in [0.1, 0.15) is 17.0 Å². The zero-order valence-corrected chi connectivity index (χ0v) is 26.6. The van der Waals surface area contributed by atoms with Crippen LogP contribution < -0.4 is 0 Å². The third kappa shape index (κ3) is 4.04. The van der Waals surface area contributed by atoms with Crippen molar-refractivity contribution in [3.05, 3.63) is 185 Å². The van der Waals surface area contributed by atoms with Gasteiger partial charge < -0.3 is 4.42 Å². The number of benzene rings is 6. The number of nitrogens with zero attached hydrogens (tertiary/aromatic N) is 2. The van der Waals surface area contributed by atoms with Crippen molar-refractivity contribution in [3.63, 3.8) is 0 Å². The summed E-state index contributed by atoms with van der Waals surface area (Å²) in [5.41, 5.74) is 13.1. The minimum atomic E-state index is 0.180. The maximum atomic E-state index is 6.39. The molecular formula is C45H32N2O. The molecule has 0 aliphatic heterocycles. The fourth-order valence-electron chi connectivity index (χ4n) is 8.20. The summed E-state index contributed by atoms with van der Waals surface area (Å²) in [5, 5.41) is 4.77. The first-order chi connectivity index (χ1) is 23.7. The molecule has 2 aliphatic carbocycles. The number of fused-ring (bicyclic) bond motifs is 7. The second-order valence-electron chi connectivity index (χ2n) is 13.0. The SMILES string of the molecule is CCc1nc2ccccc2n1-c1ccc(C2=C3C=CC=CC3C(c3ccc4oc5cc6ccccc6cc5c4c3)c3ccccc32)cc1. The molecule has 0 spiro atoms. The molecule has 2 heterocycles. The Kier molecular flexibility index (Phi) is 5.98. The highest BCUT2D eigenvalue weighted by Gasteiger charge is 2.35. The predicted molar refractivity (Wildman–Crippen MR) is 198 cm³/mol. The Morgan fingerprint density at radius 2 is 1.48 bits per heavy atom. The number of hydrogen-bond acceptors (Lipinski definition) is 2. The second-order valence-corrected chi connectivity index (χ2v) is 13.0. The summed E-state index contributed by atoms with van der Waals surface area (Å²) < 4.78 is 8.69. The van der Waals surface area contributed by atoms with E-state index >= 15 is 0 Å². The van der Waals surface area contributed by atoms with Crippen LogP contribution in [-0.2, 0) is 6.42 Å². The maximum Gasteiger partial charge on any atom is 0.136 e. The van der Waals surface area contributed by atoms with Crippen molar-refractivity contribution in [1.29, 1.82) is 0 Å². The van der Waals surface area contributed by atoms with E-state index in [1.165, 1.54) is 54.9 Å². The van der Waals surface area contributed by atoms with Gasteiger partial charge in [-0.3, -0.25) is 4.57 Å². The third-order valence-electron chi connectivity index (χ3n) is 10.4. The van der Waals surface area contributed by atoms with E-state index in [1.54, 1.807) is 0 Å². The molecule has 2 atom stereocenters.